The second kappa shape index (κ2) is 14.0. The van der Waals surface area contributed by atoms with Gasteiger partial charge in [-0.3, -0.25) is 9.59 Å². The molecule has 42 heavy (non-hydrogen) atoms. The fraction of sp³-hybridized carbons (Fsp3) is 0.414. The zero-order chi connectivity index (χ0) is 30.1. The van der Waals surface area contributed by atoms with E-state index in [4.69, 9.17) is 9.47 Å². The van der Waals surface area contributed by atoms with Crippen LogP contribution in [0.5, 0.6) is 11.8 Å². The van der Waals surface area contributed by atoms with Crippen LogP contribution in [0.1, 0.15) is 47.6 Å². The summed E-state index contributed by atoms with van der Waals surface area (Å²) in [6.45, 7) is 3.99. The van der Waals surface area contributed by atoms with Gasteiger partial charge >= 0.3 is 12.2 Å². The summed E-state index contributed by atoms with van der Waals surface area (Å²) in [5, 5.41) is 5.88. The number of amides is 2. The average molecular weight is 587 g/mol. The number of alkyl halides is 3. The van der Waals surface area contributed by atoms with Crippen LogP contribution < -0.4 is 20.1 Å². The van der Waals surface area contributed by atoms with Gasteiger partial charge in [0.15, 0.2) is 6.61 Å². The van der Waals surface area contributed by atoms with Crippen LogP contribution in [0.3, 0.4) is 0 Å². The van der Waals surface area contributed by atoms with Crippen molar-refractivity contribution >= 4 is 17.8 Å². The Morgan fingerprint density at radius 3 is 2.40 bits per heavy atom. The van der Waals surface area contributed by atoms with E-state index in [9.17, 15) is 22.8 Å². The maximum absolute atomic E-state index is 12.8. The Labute approximate surface area is 241 Å². The van der Waals surface area contributed by atoms with E-state index >= 15 is 0 Å². The average Bonchev–Trinajstić information content (AvgIpc) is 2.96. The van der Waals surface area contributed by atoms with Gasteiger partial charge < -0.3 is 25.0 Å². The van der Waals surface area contributed by atoms with Crippen LogP contribution in [-0.4, -0.2) is 70.7 Å². The third kappa shape index (κ3) is 9.32. The van der Waals surface area contributed by atoms with Crippen molar-refractivity contribution in [1.82, 2.24) is 25.2 Å². The SMILES string of the molecule is CC(C)C(=O)N1CCCNC(=O)c2ccc(cc2)Cc2nc(nc(OCC(F)(F)F)n2)NCc2ccc(cc2)OCC1. The first-order chi connectivity index (χ1) is 20.1. The first-order valence-electron chi connectivity index (χ1n) is 13.6. The van der Waals surface area contributed by atoms with Crippen LogP contribution in [0.15, 0.2) is 48.5 Å². The summed E-state index contributed by atoms with van der Waals surface area (Å²) in [6, 6.07) is 13.5. The number of hydrogen-bond acceptors (Lipinski definition) is 8. The molecule has 4 aliphatic heterocycles. The maximum atomic E-state index is 12.8. The number of carbonyl (C=O) groups is 2. The number of hydrogen-bond donors (Lipinski definition) is 2. The molecule has 0 unspecified atom stereocenters. The third-order valence-corrected chi connectivity index (χ3v) is 6.30. The fourth-order valence-electron chi connectivity index (χ4n) is 4.15. The number of carbonyl (C=O) groups excluding carboxylic acids is 2. The molecule has 6 bridgehead atoms. The minimum atomic E-state index is -4.55. The van der Waals surface area contributed by atoms with Crippen LogP contribution in [0, 0.1) is 5.92 Å². The Morgan fingerprint density at radius 2 is 1.71 bits per heavy atom. The predicted molar refractivity (Wildman–Crippen MR) is 148 cm³/mol. The molecule has 4 aliphatic rings. The highest BCUT2D eigenvalue weighted by Gasteiger charge is 2.29. The molecule has 0 radical (unpaired) electrons. The number of halogens is 3. The van der Waals surface area contributed by atoms with Gasteiger partial charge in [-0.05, 0) is 41.8 Å². The lowest BCUT2D eigenvalue weighted by atomic mass is 10.1. The van der Waals surface area contributed by atoms with E-state index in [0.717, 1.165) is 11.1 Å². The predicted octanol–water partition coefficient (Wildman–Crippen LogP) is 4.01. The second-order valence-corrected chi connectivity index (χ2v) is 10.1. The summed E-state index contributed by atoms with van der Waals surface area (Å²) in [5.41, 5.74) is 2.03. The molecule has 0 atom stereocenters. The van der Waals surface area contributed by atoms with Crippen molar-refractivity contribution in [3.05, 3.63) is 71.0 Å². The monoisotopic (exact) mass is 586 g/mol. The lowest BCUT2D eigenvalue weighted by molar-refractivity contribution is -0.154. The normalized spacial score (nSPS) is 15.1. The van der Waals surface area contributed by atoms with Crippen LogP contribution in [0.25, 0.3) is 0 Å². The van der Waals surface area contributed by atoms with Crippen LogP contribution in [0.2, 0.25) is 0 Å². The Balaban J connectivity index is 1.56. The summed E-state index contributed by atoms with van der Waals surface area (Å²) < 4.78 is 49.0. The molecule has 0 aliphatic carbocycles. The van der Waals surface area contributed by atoms with Gasteiger partial charge in [-0.15, -0.1) is 0 Å². The molecule has 5 heterocycles. The molecule has 0 saturated heterocycles. The smallest absolute Gasteiger partial charge is 0.422 e. The third-order valence-electron chi connectivity index (χ3n) is 6.30. The summed E-state index contributed by atoms with van der Waals surface area (Å²) in [7, 11) is 0. The lowest BCUT2D eigenvalue weighted by Gasteiger charge is -2.24. The second-order valence-electron chi connectivity index (χ2n) is 10.1. The van der Waals surface area contributed by atoms with Gasteiger partial charge in [-0.1, -0.05) is 38.1 Å². The van der Waals surface area contributed by atoms with E-state index < -0.39 is 18.8 Å². The van der Waals surface area contributed by atoms with Crippen molar-refractivity contribution in [1.29, 1.82) is 0 Å². The fourth-order valence-corrected chi connectivity index (χ4v) is 4.15. The van der Waals surface area contributed by atoms with Crippen LogP contribution in [-0.2, 0) is 17.8 Å². The van der Waals surface area contributed by atoms with Crippen LogP contribution >= 0.6 is 0 Å². The summed E-state index contributed by atoms with van der Waals surface area (Å²) in [4.78, 5) is 39.5. The zero-order valence-electron chi connectivity index (χ0n) is 23.4. The van der Waals surface area contributed by atoms with E-state index in [1.54, 1.807) is 41.3 Å². The number of anilines is 1. The Hall–Kier alpha value is -4.42. The first-order valence-corrected chi connectivity index (χ1v) is 13.6. The largest absolute Gasteiger partial charge is 0.492 e. The molecule has 2 amide bonds. The molecule has 0 spiro atoms. The van der Waals surface area contributed by atoms with E-state index in [1.165, 1.54) is 0 Å². The molecule has 7 rings (SSSR count). The van der Waals surface area contributed by atoms with Gasteiger partial charge in [0.05, 0.1) is 6.54 Å². The van der Waals surface area contributed by atoms with Crippen LogP contribution in [0.4, 0.5) is 19.1 Å². The Bertz CT molecular complexity index is 1350. The molecule has 0 fully saturated rings. The van der Waals surface area contributed by atoms with E-state index in [1.807, 2.05) is 26.0 Å². The van der Waals surface area contributed by atoms with Gasteiger partial charge in [-0.25, -0.2) is 0 Å². The quantitative estimate of drug-likeness (QED) is 0.473. The molecular formula is C29H33F3N6O4. The van der Waals surface area contributed by atoms with E-state index in [2.05, 4.69) is 25.6 Å². The van der Waals surface area contributed by atoms with Gasteiger partial charge in [-0.2, -0.15) is 28.1 Å². The summed E-state index contributed by atoms with van der Waals surface area (Å²) in [5.74, 6) is 0.462. The van der Waals surface area contributed by atoms with Gasteiger partial charge in [0.25, 0.3) is 5.91 Å². The highest BCUT2D eigenvalue weighted by molar-refractivity contribution is 5.94. The van der Waals surface area contributed by atoms with E-state index in [0.29, 0.717) is 44.0 Å². The lowest BCUT2D eigenvalue weighted by Crippen LogP contribution is -2.39. The van der Waals surface area contributed by atoms with Gasteiger partial charge in [0, 0.05) is 37.5 Å². The van der Waals surface area contributed by atoms with Crippen molar-refractivity contribution in [3.63, 3.8) is 0 Å². The minimum absolute atomic E-state index is 0.0137. The summed E-state index contributed by atoms with van der Waals surface area (Å²) in [6.07, 6.45) is -3.81. The number of nitrogens with zero attached hydrogens (tertiary/aromatic N) is 4. The standard InChI is InChI=1S/C29H33F3N6O4/c1-19(2)26(40)38-13-3-12-33-25(39)22-8-4-20(5-9-22)16-24-35-27(37-28(36-24)42-18-29(30,31)32)34-17-21-6-10-23(11-7-21)41-15-14-38/h4-11,19H,3,12-18H2,1-2H3,(H,33,39)(H,34,35,36,37). The van der Waals surface area contributed by atoms with Crippen molar-refractivity contribution in [2.24, 2.45) is 5.92 Å². The topological polar surface area (TPSA) is 119 Å². The number of benzene rings is 2. The first kappa shape index (κ1) is 30.5. The van der Waals surface area contributed by atoms with E-state index in [-0.39, 0.29) is 42.5 Å². The highest BCUT2D eigenvalue weighted by atomic mass is 19.4. The minimum Gasteiger partial charge on any atom is -0.492 e. The highest BCUT2D eigenvalue weighted by Crippen LogP contribution is 2.19. The molecule has 10 nitrogen and oxygen atoms in total. The van der Waals surface area contributed by atoms with Crippen molar-refractivity contribution in [3.8, 4) is 11.8 Å². The molecule has 2 aromatic carbocycles. The molecule has 0 saturated carbocycles. The Morgan fingerprint density at radius 1 is 1.00 bits per heavy atom. The Kier molecular flexibility index (Phi) is 10.2. The molecule has 3 aromatic rings. The maximum Gasteiger partial charge on any atom is 0.422 e. The zero-order valence-corrected chi connectivity index (χ0v) is 23.4. The number of rotatable bonds is 3. The number of nitrogens with one attached hydrogen (secondary N) is 2. The summed E-state index contributed by atoms with van der Waals surface area (Å²) >= 11 is 0. The molecule has 1 aromatic heterocycles. The molecule has 13 heteroatoms. The van der Waals surface area contributed by atoms with Crippen molar-refractivity contribution < 1.29 is 32.2 Å². The van der Waals surface area contributed by atoms with Gasteiger partial charge in [0.1, 0.15) is 18.2 Å². The van der Waals surface area contributed by atoms with Crippen molar-refractivity contribution in [2.45, 2.75) is 39.4 Å². The number of aromatic nitrogens is 3. The molecule has 224 valence electrons. The molecule has 2 N–H and O–H groups in total. The number of ether oxygens (including phenoxy) is 2. The van der Waals surface area contributed by atoms with Gasteiger partial charge in [0.2, 0.25) is 11.9 Å². The molecular weight excluding hydrogens is 553 g/mol. The van der Waals surface area contributed by atoms with Crippen molar-refractivity contribution in [2.75, 3.05) is 38.2 Å².